The SMILES string of the molecule is Cn1ccnc1CN(CCC1=CC=CCN1)Cc1nccn1C. The highest BCUT2D eigenvalue weighted by atomic mass is 15.2. The second kappa shape index (κ2) is 7.28. The van der Waals surface area contributed by atoms with E-state index in [0.29, 0.717) is 0 Å². The lowest BCUT2D eigenvalue weighted by atomic mass is 10.2. The first-order valence-electron chi connectivity index (χ1n) is 7.96. The van der Waals surface area contributed by atoms with Crippen molar-refractivity contribution in [2.24, 2.45) is 14.1 Å². The largest absolute Gasteiger partial charge is 0.385 e. The highest BCUT2D eigenvalue weighted by Gasteiger charge is 2.13. The van der Waals surface area contributed by atoms with E-state index in [0.717, 1.165) is 44.2 Å². The Labute approximate surface area is 137 Å². The first-order chi connectivity index (χ1) is 11.2. The van der Waals surface area contributed by atoms with Gasteiger partial charge in [0.2, 0.25) is 0 Å². The monoisotopic (exact) mass is 312 g/mol. The van der Waals surface area contributed by atoms with E-state index in [1.54, 1.807) is 0 Å². The van der Waals surface area contributed by atoms with Crippen molar-refractivity contribution in [3.63, 3.8) is 0 Å². The van der Waals surface area contributed by atoms with Crippen LogP contribution in [0.5, 0.6) is 0 Å². The van der Waals surface area contributed by atoms with Crippen molar-refractivity contribution >= 4 is 0 Å². The van der Waals surface area contributed by atoms with E-state index in [4.69, 9.17) is 0 Å². The summed E-state index contributed by atoms with van der Waals surface area (Å²) in [6.45, 7) is 3.52. The first kappa shape index (κ1) is 15.6. The van der Waals surface area contributed by atoms with Crippen molar-refractivity contribution in [2.45, 2.75) is 19.5 Å². The molecule has 1 N–H and O–H groups in total. The quantitative estimate of drug-likeness (QED) is 0.843. The van der Waals surface area contributed by atoms with Gasteiger partial charge < -0.3 is 14.5 Å². The molecule has 2 aromatic rings. The highest BCUT2D eigenvalue weighted by molar-refractivity contribution is 5.16. The van der Waals surface area contributed by atoms with Gasteiger partial charge in [-0.15, -0.1) is 0 Å². The van der Waals surface area contributed by atoms with Crippen LogP contribution in [0.25, 0.3) is 0 Å². The first-order valence-corrected chi connectivity index (χ1v) is 7.96. The summed E-state index contributed by atoms with van der Waals surface area (Å²) in [5.74, 6) is 2.15. The smallest absolute Gasteiger partial charge is 0.122 e. The fourth-order valence-electron chi connectivity index (χ4n) is 2.66. The Bertz CT molecular complexity index is 651. The average Bonchev–Trinajstić information content (AvgIpc) is 3.15. The van der Waals surface area contributed by atoms with E-state index in [-0.39, 0.29) is 0 Å². The number of nitrogens with zero attached hydrogens (tertiary/aromatic N) is 5. The van der Waals surface area contributed by atoms with Crippen LogP contribution >= 0.6 is 0 Å². The molecule has 0 aromatic carbocycles. The van der Waals surface area contributed by atoms with Gasteiger partial charge in [0.15, 0.2) is 0 Å². The summed E-state index contributed by atoms with van der Waals surface area (Å²) in [6, 6.07) is 0. The summed E-state index contributed by atoms with van der Waals surface area (Å²) in [5.41, 5.74) is 1.29. The van der Waals surface area contributed by atoms with Crippen LogP contribution < -0.4 is 5.32 Å². The van der Waals surface area contributed by atoms with Crippen LogP contribution in [0.2, 0.25) is 0 Å². The lowest BCUT2D eigenvalue weighted by molar-refractivity contribution is 0.241. The molecule has 0 radical (unpaired) electrons. The number of rotatable bonds is 7. The van der Waals surface area contributed by atoms with E-state index < -0.39 is 0 Å². The van der Waals surface area contributed by atoms with Crippen molar-refractivity contribution in [3.05, 3.63) is 60.4 Å². The number of hydrogen-bond donors (Lipinski definition) is 1. The summed E-state index contributed by atoms with van der Waals surface area (Å²) in [4.78, 5) is 11.3. The molecule has 0 bridgehead atoms. The molecule has 1 aliphatic heterocycles. The summed E-state index contributed by atoms with van der Waals surface area (Å²) in [5, 5.41) is 3.42. The van der Waals surface area contributed by atoms with E-state index in [1.807, 2.05) is 38.9 Å². The molecule has 0 spiro atoms. The predicted octanol–water partition coefficient (Wildman–Crippen LogP) is 1.59. The summed E-state index contributed by atoms with van der Waals surface area (Å²) < 4.78 is 4.15. The minimum Gasteiger partial charge on any atom is -0.385 e. The summed E-state index contributed by atoms with van der Waals surface area (Å²) >= 11 is 0. The topological polar surface area (TPSA) is 50.9 Å². The maximum absolute atomic E-state index is 4.45. The molecule has 0 fully saturated rings. The number of aryl methyl sites for hydroxylation is 2. The van der Waals surface area contributed by atoms with Gasteiger partial charge in [0, 0.05) is 57.7 Å². The Kier molecular flexibility index (Phi) is 4.92. The third-order valence-electron chi connectivity index (χ3n) is 4.15. The van der Waals surface area contributed by atoms with Crippen LogP contribution in [0.1, 0.15) is 18.1 Å². The number of imidazole rings is 2. The number of nitrogens with one attached hydrogen (secondary N) is 1. The molecule has 0 aliphatic carbocycles. The van der Waals surface area contributed by atoms with Gasteiger partial charge in [0.05, 0.1) is 13.1 Å². The van der Waals surface area contributed by atoms with Crippen LogP contribution in [-0.4, -0.2) is 37.1 Å². The zero-order valence-corrected chi connectivity index (χ0v) is 13.8. The van der Waals surface area contributed by atoms with Crippen LogP contribution in [0.15, 0.2) is 48.7 Å². The molecule has 2 aromatic heterocycles. The van der Waals surface area contributed by atoms with Gasteiger partial charge in [-0.1, -0.05) is 12.2 Å². The van der Waals surface area contributed by atoms with Crippen molar-refractivity contribution in [1.29, 1.82) is 0 Å². The standard InChI is InChI=1S/C17H24N6/c1-21-11-8-19-16(21)13-23(14-17-20-9-12-22(17)2)10-6-15-5-3-4-7-18-15/h3-5,8-9,11-12,18H,6-7,10,13-14H2,1-2H3. The maximum atomic E-state index is 4.45. The van der Waals surface area contributed by atoms with Crippen molar-refractivity contribution in [3.8, 4) is 0 Å². The number of allylic oxidation sites excluding steroid dienone is 2. The maximum Gasteiger partial charge on any atom is 0.122 e. The lowest BCUT2D eigenvalue weighted by Gasteiger charge is -2.23. The van der Waals surface area contributed by atoms with Gasteiger partial charge in [-0.3, -0.25) is 4.90 Å². The Morgan fingerprint density at radius 2 is 1.74 bits per heavy atom. The molecule has 1 aliphatic rings. The van der Waals surface area contributed by atoms with Gasteiger partial charge in [0.1, 0.15) is 11.6 Å². The Hall–Kier alpha value is -2.34. The van der Waals surface area contributed by atoms with Crippen LogP contribution in [0, 0.1) is 0 Å². The summed E-state index contributed by atoms with van der Waals surface area (Å²) in [6.07, 6.45) is 15.1. The van der Waals surface area contributed by atoms with Gasteiger partial charge >= 0.3 is 0 Å². The van der Waals surface area contributed by atoms with Gasteiger partial charge in [0.25, 0.3) is 0 Å². The third kappa shape index (κ3) is 4.10. The molecule has 0 unspecified atom stereocenters. The molecule has 3 heterocycles. The minimum absolute atomic E-state index is 0.819. The zero-order chi connectivity index (χ0) is 16.1. The summed E-state index contributed by atoms with van der Waals surface area (Å²) in [7, 11) is 4.08. The van der Waals surface area contributed by atoms with Crippen molar-refractivity contribution < 1.29 is 0 Å². The molecule has 0 saturated carbocycles. The molecule has 0 atom stereocenters. The zero-order valence-electron chi connectivity index (χ0n) is 13.8. The van der Waals surface area contributed by atoms with E-state index in [9.17, 15) is 0 Å². The molecule has 0 saturated heterocycles. The number of hydrogen-bond acceptors (Lipinski definition) is 4. The lowest BCUT2D eigenvalue weighted by Crippen LogP contribution is -2.29. The van der Waals surface area contributed by atoms with E-state index in [2.05, 4.69) is 47.5 Å². The van der Waals surface area contributed by atoms with E-state index in [1.165, 1.54) is 5.70 Å². The number of dihydropyridines is 1. The van der Waals surface area contributed by atoms with Crippen LogP contribution in [-0.2, 0) is 27.2 Å². The molecule has 3 rings (SSSR count). The fraction of sp³-hybridized carbons (Fsp3) is 0.412. The van der Waals surface area contributed by atoms with Gasteiger partial charge in [-0.25, -0.2) is 9.97 Å². The molecule has 122 valence electrons. The fourth-order valence-corrected chi connectivity index (χ4v) is 2.66. The molecule has 0 amide bonds. The Morgan fingerprint density at radius 3 is 2.22 bits per heavy atom. The second-order valence-electron chi connectivity index (χ2n) is 5.87. The third-order valence-corrected chi connectivity index (χ3v) is 4.15. The van der Waals surface area contributed by atoms with Crippen molar-refractivity contribution in [1.82, 2.24) is 29.3 Å². The number of aromatic nitrogens is 4. The molecule has 6 nitrogen and oxygen atoms in total. The molecule has 6 heteroatoms. The normalized spacial score (nSPS) is 14.1. The highest BCUT2D eigenvalue weighted by Crippen LogP contribution is 2.10. The molecular weight excluding hydrogens is 288 g/mol. The van der Waals surface area contributed by atoms with Gasteiger partial charge in [-0.2, -0.15) is 0 Å². The van der Waals surface area contributed by atoms with E-state index >= 15 is 0 Å². The van der Waals surface area contributed by atoms with Crippen LogP contribution in [0.4, 0.5) is 0 Å². The minimum atomic E-state index is 0.819. The van der Waals surface area contributed by atoms with Crippen LogP contribution in [0.3, 0.4) is 0 Å². The van der Waals surface area contributed by atoms with Crippen molar-refractivity contribution in [2.75, 3.05) is 13.1 Å². The molecular formula is C17H24N6. The molecule has 23 heavy (non-hydrogen) atoms. The second-order valence-corrected chi connectivity index (χ2v) is 5.87. The predicted molar refractivity (Wildman–Crippen MR) is 90.4 cm³/mol. The Balaban J connectivity index is 1.67. The Morgan fingerprint density at radius 1 is 1.09 bits per heavy atom. The average molecular weight is 312 g/mol. The van der Waals surface area contributed by atoms with Gasteiger partial charge in [-0.05, 0) is 12.5 Å².